The molecule has 0 aliphatic rings. The molecule has 1 aromatic heterocycles. The number of hydrogen-bond donors (Lipinski definition) is 2. The van der Waals surface area contributed by atoms with Gasteiger partial charge in [0.15, 0.2) is 0 Å². The SMILES string of the molecule is CN(Cc1ccc(C(=O)Nc2ccccc2)cc1)Cc1nc2ccccc2c(=O)[nH]1. The monoisotopic (exact) mass is 398 g/mol. The Morgan fingerprint density at radius 2 is 1.63 bits per heavy atom. The summed E-state index contributed by atoms with van der Waals surface area (Å²) in [7, 11) is 1.96. The smallest absolute Gasteiger partial charge is 0.258 e. The first-order chi connectivity index (χ1) is 14.6. The Labute approximate surface area is 174 Å². The van der Waals surface area contributed by atoms with E-state index in [2.05, 4.69) is 20.2 Å². The predicted molar refractivity (Wildman–Crippen MR) is 118 cm³/mol. The predicted octanol–water partition coefficient (Wildman–Crippen LogP) is 3.81. The van der Waals surface area contributed by atoms with Crippen molar-refractivity contribution in [2.24, 2.45) is 0 Å². The fraction of sp³-hybridized carbons (Fsp3) is 0.125. The van der Waals surface area contributed by atoms with Crippen LogP contribution in [0.2, 0.25) is 0 Å². The molecule has 0 saturated heterocycles. The van der Waals surface area contributed by atoms with E-state index in [0.717, 1.165) is 11.3 Å². The van der Waals surface area contributed by atoms with Crippen LogP contribution in [-0.4, -0.2) is 27.8 Å². The van der Waals surface area contributed by atoms with Crippen LogP contribution in [0.4, 0.5) is 5.69 Å². The van der Waals surface area contributed by atoms with Crippen LogP contribution in [0, 0.1) is 0 Å². The van der Waals surface area contributed by atoms with Gasteiger partial charge in [0.2, 0.25) is 0 Å². The highest BCUT2D eigenvalue weighted by Gasteiger charge is 2.09. The zero-order valence-electron chi connectivity index (χ0n) is 16.6. The van der Waals surface area contributed by atoms with Gasteiger partial charge in [-0.1, -0.05) is 42.5 Å². The highest BCUT2D eigenvalue weighted by molar-refractivity contribution is 6.04. The lowest BCUT2D eigenvalue weighted by Gasteiger charge is -2.16. The number of H-pyrrole nitrogens is 1. The van der Waals surface area contributed by atoms with Gasteiger partial charge in [0.1, 0.15) is 5.82 Å². The summed E-state index contributed by atoms with van der Waals surface area (Å²) >= 11 is 0. The Balaban J connectivity index is 1.39. The van der Waals surface area contributed by atoms with Gasteiger partial charge in [0.25, 0.3) is 11.5 Å². The molecule has 0 radical (unpaired) electrons. The maximum atomic E-state index is 12.4. The van der Waals surface area contributed by atoms with Gasteiger partial charge in [-0.15, -0.1) is 0 Å². The topological polar surface area (TPSA) is 78.1 Å². The molecule has 0 atom stereocenters. The molecule has 0 saturated carbocycles. The van der Waals surface area contributed by atoms with Gasteiger partial charge in [-0.3, -0.25) is 14.5 Å². The first-order valence-corrected chi connectivity index (χ1v) is 9.70. The zero-order valence-corrected chi connectivity index (χ0v) is 16.6. The summed E-state index contributed by atoms with van der Waals surface area (Å²) in [5.74, 6) is 0.485. The normalized spacial score (nSPS) is 11.0. The Kier molecular flexibility index (Phi) is 5.68. The van der Waals surface area contributed by atoms with Crippen LogP contribution in [0.5, 0.6) is 0 Å². The van der Waals surface area contributed by atoms with E-state index in [1.165, 1.54) is 0 Å². The molecule has 2 N–H and O–H groups in total. The van der Waals surface area contributed by atoms with Crippen LogP contribution in [0.15, 0.2) is 83.7 Å². The number of para-hydroxylation sites is 2. The number of nitrogens with zero attached hydrogens (tertiary/aromatic N) is 2. The summed E-state index contributed by atoms with van der Waals surface area (Å²) in [5.41, 5.74) is 3.00. The summed E-state index contributed by atoms with van der Waals surface area (Å²) in [4.78, 5) is 34.0. The second-order valence-corrected chi connectivity index (χ2v) is 7.22. The van der Waals surface area contributed by atoms with Crippen LogP contribution >= 0.6 is 0 Å². The molecule has 0 fully saturated rings. The van der Waals surface area contributed by atoms with Crippen LogP contribution in [0.3, 0.4) is 0 Å². The molecule has 3 aromatic carbocycles. The Morgan fingerprint density at radius 1 is 0.933 bits per heavy atom. The molecule has 6 nitrogen and oxygen atoms in total. The maximum Gasteiger partial charge on any atom is 0.258 e. The van der Waals surface area contributed by atoms with Crippen molar-refractivity contribution in [1.82, 2.24) is 14.9 Å². The first-order valence-electron chi connectivity index (χ1n) is 9.70. The van der Waals surface area contributed by atoms with E-state index in [4.69, 9.17) is 0 Å². The van der Waals surface area contributed by atoms with E-state index in [1.807, 2.05) is 79.8 Å². The van der Waals surface area contributed by atoms with E-state index >= 15 is 0 Å². The van der Waals surface area contributed by atoms with Crippen molar-refractivity contribution >= 4 is 22.5 Å². The first kappa shape index (κ1) is 19.5. The molecule has 0 aliphatic carbocycles. The van der Waals surface area contributed by atoms with Crippen molar-refractivity contribution in [3.05, 3.63) is 106 Å². The second kappa shape index (κ2) is 8.71. The lowest BCUT2D eigenvalue weighted by molar-refractivity contribution is 0.102. The highest BCUT2D eigenvalue weighted by Crippen LogP contribution is 2.12. The van der Waals surface area contributed by atoms with Gasteiger partial charge < -0.3 is 10.3 Å². The van der Waals surface area contributed by atoms with Gasteiger partial charge in [0, 0.05) is 17.8 Å². The molecular formula is C24H22N4O2. The van der Waals surface area contributed by atoms with Crippen molar-refractivity contribution in [3.8, 4) is 0 Å². The molecule has 1 amide bonds. The third kappa shape index (κ3) is 4.61. The van der Waals surface area contributed by atoms with Gasteiger partial charge in [0.05, 0.1) is 17.4 Å². The molecule has 4 rings (SSSR count). The summed E-state index contributed by atoms with van der Waals surface area (Å²) in [6.45, 7) is 1.17. The summed E-state index contributed by atoms with van der Waals surface area (Å²) in [5, 5.41) is 3.47. The molecule has 30 heavy (non-hydrogen) atoms. The Bertz CT molecular complexity index is 1220. The van der Waals surface area contributed by atoms with E-state index in [-0.39, 0.29) is 11.5 Å². The van der Waals surface area contributed by atoms with E-state index in [1.54, 1.807) is 6.07 Å². The number of aromatic nitrogens is 2. The maximum absolute atomic E-state index is 12.4. The van der Waals surface area contributed by atoms with E-state index < -0.39 is 0 Å². The molecule has 0 bridgehead atoms. The van der Waals surface area contributed by atoms with Gasteiger partial charge in [-0.25, -0.2) is 4.98 Å². The standard InChI is InChI=1S/C24H22N4O2/c1-28(16-22-26-21-10-6-5-9-20(21)24(30)27-22)15-17-11-13-18(14-12-17)23(29)25-19-7-3-2-4-8-19/h2-14H,15-16H2,1H3,(H,25,29)(H,26,27,30). The molecule has 150 valence electrons. The van der Waals surface area contributed by atoms with Crippen LogP contribution < -0.4 is 10.9 Å². The highest BCUT2D eigenvalue weighted by atomic mass is 16.1. The Hall–Kier alpha value is -3.77. The number of nitrogens with one attached hydrogen (secondary N) is 2. The van der Waals surface area contributed by atoms with E-state index in [9.17, 15) is 9.59 Å². The second-order valence-electron chi connectivity index (χ2n) is 7.22. The minimum atomic E-state index is -0.140. The largest absolute Gasteiger partial charge is 0.322 e. The molecule has 6 heteroatoms. The fourth-order valence-electron chi connectivity index (χ4n) is 3.32. The quantitative estimate of drug-likeness (QED) is 0.518. The number of carbonyl (C=O) groups is 1. The Morgan fingerprint density at radius 3 is 2.40 bits per heavy atom. The zero-order chi connectivity index (χ0) is 20.9. The van der Waals surface area contributed by atoms with Crippen LogP contribution in [0.25, 0.3) is 10.9 Å². The van der Waals surface area contributed by atoms with Gasteiger partial charge >= 0.3 is 0 Å². The fourth-order valence-corrected chi connectivity index (χ4v) is 3.32. The molecule has 0 spiro atoms. The number of hydrogen-bond acceptors (Lipinski definition) is 4. The average molecular weight is 398 g/mol. The molecule has 0 aliphatic heterocycles. The number of amides is 1. The molecule has 4 aromatic rings. The lowest BCUT2D eigenvalue weighted by Crippen LogP contribution is -2.22. The summed E-state index contributed by atoms with van der Waals surface area (Å²) < 4.78 is 0. The minimum Gasteiger partial charge on any atom is -0.322 e. The third-order valence-electron chi connectivity index (χ3n) is 4.78. The molecule has 0 unspecified atom stereocenters. The van der Waals surface area contributed by atoms with Crippen LogP contribution in [0.1, 0.15) is 21.7 Å². The van der Waals surface area contributed by atoms with Gasteiger partial charge in [-0.05, 0) is 49.0 Å². The average Bonchev–Trinajstić information content (AvgIpc) is 2.75. The van der Waals surface area contributed by atoms with Crippen molar-refractivity contribution < 1.29 is 4.79 Å². The lowest BCUT2D eigenvalue weighted by atomic mass is 10.1. The van der Waals surface area contributed by atoms with Crippen molar-refractivity contribution in [3.63, 3.8) is 0 Å². The molecular weight excluding hydrogens is 376 g/mol. The number of carbonyl (C=O) groups excluding carboxylic acids is 1. The van der Waals surface area contributed by atoms with Crippen LogP contribution in [-0.2, 0) is 13.1 Å². The van der Waals surface area contributed by atoms with Crippen molar-refractivity contribution in [2.75, 3.05) is 12.4 Å². The third-order valence-corrected chi connectivity index (χ3v) is 4.78. The number of benzene rings is 3. The van der Waals surface area contributed by atoms with Crippen molar-refractivity contribution in [2.45, 2.75) is 13.1 Å². The number of rotatable bonds is 6. The van der Waals surface area contributed by atoms with E-state index in [0.29, 0.717) is 35.4 Å². The minimum absolute atomic E-state index is 0.127. The van der Waals surface area contributed by atoms with Crippen molar-refractivity contribution in [1.29, 1.82) is 0 Å². The summed E-state index contributed by atoms with van der Waals surface area (Å²) in [6, 6.07) is 24.2. The van der Waals surface area contributed by atoms with Gasteiger partial charge in [-0.2, -0.15) is 0 Å². The number of fused-ring (bicyclic) bond motifs is 1. The number of aromatic amines is 1. The number of anilines is 1. The summed E-state index contributed by atoms with van der Waals surface area (Å²) in [6.07, 6.45) is 0. The molecule has 1 heterocycles.